The Morgan fingerprint density at radius 2 is 1.89 bits per heavy atom. The van der Waals surface area contributed by atoms with Crippen molar-refractivity contribution in [3.05, 3.63) is 64.1 Å². The second-order valence-corrected chi connectivity index (χ2v) is 10.5. The summed E-state index contributed by atoms with van der Waals surface area (Å²) in [7, 11) is -3.19. The summed E-state index contributed by atoms with van der Waals surface area (Å²) in [6.45, 7) is 0. The van der Waals surface area contributed by atoms with E-state index in [0.29, 0.717) is 21.1 Å². The van der Waals surface area contributed by atoms with Gasteiger partial charge in [-0.2, -0.15) is 0 Å². The Labute approximate surface area is 168 Å². The first kappa shape index (κ1) is 18.9. The van der Waals surface area contributed by atoms with E-state index in [2.05, 4.69) is 20.9 Å². The molecule has 0 unspecified atom stereocenters. The Balaban J connectivity index is 1.64. The normalized spacial score (nSPS) is 23.4. The largest absolute Gasteiger partial charge is 0.312 e. The smallest absolute Gasteiger partial charge is 0.164 e. The molecular weight excluding hydrogens is 458 g/mol. The van der Waals surface area contributed by atoms with Gasteiger partial charge < -0.3 is 4.90 Å². The number of rotatable bonds is 3. The predicted molar refractivity (Wildman–Crippen MR) is 108 cm³/mol. The van der Waals surface area contributed by atoms with Crippen LogP contribution in [0.2, 0.25) is 0 Å². The van der Waals surface area contributed by atoms with E-state index >= 15 is 0 Å². The van der Waals surface area contributed by atoms with E-state index in [-0.39, 0.29) is 17.3 Å². The van der Waals surface area contributed by atoms with Crippen molar-refractivity contribution in [2.24, 2.45) is 4.99 Å². The standard InChI is InChI=1S/C18H15BrF2N2O2S2/c19-12-3-6-16(14(21)7-12)23-17-10-27(24,25)9-15(17)22-18(23)26-8-11-1-4-13(20)5-2-11/h1-7,15,17H,8-10H2/t15-,17+/m0/s1. The van der Waals surface area contributed by atoms with E-state index in [1.807, 2.05) is 0 Å². The van der Waals surface area contributed by atoms with Gasteiger partial charge in [0.05, 0.1) is 29.3 Å². The lowest BCUT2D eigenvalue weighted by Gasteiger charge is -2.27. The third-order valence-corrected chi connectivity index (χ3v) is 7.79. The van der Waals surface area contributed by atoms with Gasteiger partial charge in [0.2, 0.25) is 0 Å². The highest BCUT2D eigenvalue weighted by atomic mass is 79.9. The minimum Gasteiger partial charge on any atom is -0.312 e. The molecule has 1 fully saturated rings. The van der Waals surface area contributed by atoms with Crippen molar-refractivity contribution in [2.75, 3.05) is 16.4 Å². The maximum atomic E-state index is 14.6. The first-order valence-electron chi connectivity index (χ1n) is 8.22. The first-order valence-corrected chi connectivity index (χ1v) is 11.8. The van der Waals surface area contributed by atoms with Gasteiger partial charge >= 0.3 is 0 Å². The maximum Gasteiger partial charge on any atom is 0.164 e. The van der Waals surface area contributed by atoms with Crippen molar-refractivity contribution >= 4 is 48.4 Å². The van der Waals surface area contributed by atoms with E-state index in [1.54, 1.807) is 29.2 Å². The molecule has 4 rings (SSSR count). The van der Waals surface area contributed by atoms with Gasteiger partial charge in [0.1, 0.15) is 11.6 Å². The predicted octanol–water partition coefficient (Wildman–Crippen LogP) is 4.00. The molecule has 0 bridgehead atoms. The number of sulfone groups is 1. The highest BCUT2D eigenvalue weighted by Crippen LogP contribution is 2.37. The molecule has 142 valence electrons. The van der Waals surface area contributed by atoms with E-state index in [1.165, 1.54) is 30.0 Å². The van der Waals surface area contributed by atoms with Crippen LogP contribution in [0.5, 0.6) is 0 Å². The molecule has 4 nitrogen and oxygen atoms in total. The number of anilines is 1. The van der Waals surface area contributed by atoms with Gasteiger partial charge in [0.15, 0.2) is 15.0 Å². The third kappa shape index (κ3) is 3.90. The zero-order valence-corrected chi connectivity index (χ0v) is 17.2. The molecule has 0 aromatic heterocycles. The molecule has 0 amide bonds. The van der Waals surface area contributed by atoms with Crippen LogP contribution in [0, 0.1) is 11.6 Å². The molecule has 2 heterocycles. The van der Waals surface area contributed by atoms with Crippen LogP contribution in [0.1, 0.15) is 5.56 Å². The van der Waals surface area contributed by atoms with Crippen molar-refractivity contribution in [1.82, 2.24) is 0 Å². The number of benzene rings is 2. The molecule has 2 aromatic carbocycles. The van der Waals surface area contributed by atoms with Gasteiger partial charge in [-0.1, -0.05) is 39.8 Å². The van der Waals surface area contributed by atoms with Gasteiger partial charge in [-0.25, -0.2) is 17.2 Å². The Morgan fingerprint density at radius 1 is 1.15 bits per heavy atom. The third-order valence-electron chi connectivity index (χ3n) is 4.56. The monoisotopic (exact) mass is 472 g/mol. The van der Waals surface area contributed by atoms with Crippen LogP contribution in [0.3, 0.4) is 0 Å². The van der Waals surface area contributed by atoms with Crippen molar-refractivity contribution in [2.45, 2.75) is 17.8 Å². The molecule has 27 heavy (non-hydrogen) atoms. The van der Waals surface area contributed by atoms with Gasteiger partial charge in [0, 0.05) is 10.2 Å². The van der Waals surface area contributed by atoms with Crippen LogP contribution in [0.4, 0.5) is 14.5 Å². The Hall–Kier alpha value is -1.45. The highest BCUT2D eigenvalue weighted by molar-refractivity contribution is 9.10. The topological polar surface area (TPSA) is 49.7 Å². The molecule has 0 radical (unpaired) electrons. The van der Waals surface area contributed by atoms with Gasteiger partial charge in [-0.05, 0) is 35.9 Å². The lowest BCUT2D eigenvalue weighted by atomic mass is 10.1. The molecule has 1 saturated heterocycles. The summed E-state index contributed by atoms with van der Waals surface area (Å²) in [5.41, 5.74) is 1.22. The van der Waals surface area contributed by atoms with Crippen molar-refractivity contribution < 1.29 is 17.2 Å². The fraction of sp³-hybridized carbons (Fsp3) is 0.278. The quantitative estimate of drug-likeness (QED) is 0.677. The summed E-state index contributed by atoms with van der Waals surface area (Å²) in [5.74, 6) is -0.283. The number of hydrogen-bond donors (Lipinski definition) is 0. The molecule has 0 saturated carbocycles. The average Bonchev–Trinajstić information content (AvgIpc) is 3.06. The number of nitrogens with zero attached hydrogens (tertiary/aromatic N) is 2. The summed E-state index contributed by atoms with van der Waals surface area (Å²) in [5, 5.41) is 0.588. The van der Waals surface area contributed by atoms with Crippen LogP contribution in [0.15, 0.2) is 51.9 Å². The maximum absolute atomic E-state index is 14.6. The summed E-state index contributed by atoms with van der Waals surface area (Å²) >= 11 is 4.64. The van der Waals surface area contributed by atoms with Gasteiger partial charge in [0.25, 0.3) is 0 Å². The summed E-state index contributed by atoms with van der Waals surface area (Å²) in [4.78, 5) is 6.27. The van der Waals surface area contributed by atoms with E-state index in [0.717, 1.165) is 5.56 Å². The van der Waals surface area contributed by atoms with Crippen LogP contribution in [-0.4, -0.2) is 37.2 Å². The van der Waals surface area contributed by atoms with Crippen LogP contribution in [0.25, 0.3) is 0 Å². The summed E-state index contributed by atoms with van der Waals surface area (Å²) in [6, 6.07) is 10.1. The molecule has 0 aliphatic carbocycles. The Kier molecular flexibility index (Phi) is 5.02. The number of halogens is 3. The molecule has 2 aliphatic heterocycles. The number of aliphatic imine (C=N–C) groups is 1. The second kappa shape index (κ2) is 7.18. The summed E-state index contributed by atoms with van der Waals surface area (Å²) < 4.78 is 52.4. The molecule has 2 aromatic rings. The second-order valence-electron chi connectivity index (χ2n) is 6.50. The lowest BCUT2D eigenvalue weighted by molar-refractivity contribution is 0.600. The van der Waals surface area contributed by atoms with Gasteiger partial charge in [-0.15, -0.1) is 0 Å². The zero-order valence-electron chi connectivity index (χ0n) is 14.0. The van der Waals surface area contributed by atoms with Crippen molar-refractivity contribution in [1.29, 1.82) is 0 Å². The van der Waals surface area contributed by atoms with E-state index < -0.39 is 27.7 Å². The SMILES string of the molecule is O=S1(=O)C[C@@H]2N=C(SCc3ccc(F)cc3)N(c3ccc(Br)cc3F)[C@@H]2C1. The van der Waals surface area contributed by atoms with Crippen molar-refractivity contribution in [3.63, 3.8) is 0 Å². The van der Waals surface area contributed by atoms with Crippen LogP contribution < -0.4 is 4.90 Å². The average molecular weight is 473 g/mol. The van der Waals surface area contributed by atoms with E-state index in [4.69, 9.17) is 0 Å². The van der Waals surface area contributed by atoms with Crippen LogP contribution in [-0.2, 0) is 15.6 Å². The number of amidine groups is 1. The molecular formula is C18H15BrF2N2O2S2. The zero-order chi connectivity index (χ0) is 19.2. The molecule has 0 spiro atoms. The minimum atomic E-state index is -3.19. The molecule has 0 N–H and O–H groups in total. The lowest BCUT2D eigenvalue weighted by Crippen LogP contribution is -2.39. The molecule has 2 aliphatic rings. The first-order chi connectivity index (χ1) is 12.8. The number of thioether (sulfide) groups is 1. The molecule has 2 atom stereocenters. The molecule has 9 heteroatoms. The fourth-order valence-corrected chi connectivity index (χ4v) is 6.57. The van der Waals surface area contributed by atoms with Crippen LogP contribution >= 0.6 is 27.7 Å². The highest BCUT2D eigenvalue weighted by Gasteiger charge is 2.47. The Morgan fingerprint density at radius 3 is 2.59 bits per heavy atom. The number of hydrogen-bond acceptors (Lipinski definition) is 5. The fourth-order valence-electron chi connectivity index (χ4n) is 3.32. The van der Waals surface area contributed by atoms with Crippen molar-refractivity contribution in [3.8, 4) is 0 Å². The minimum absolute atomic E-state index is 0.0209. The van der Waals surface area contributed by atoms with Gasteiger partial charge in [-0.3, -0.25) is 4.99 Å². The van der Waals surface area contributed by atoms with E-state index in [9.17, 15) is 17.2 Å². The number of fused-ring (bicyclic) bond motifs is 1. The Bertz CT molecular complexity index is 1010. The summed E-state index contributed by atoms with van der Waals surface area (Å²) in [6.07, 6.45) is 0.